The number of hydrogen-bond acceptors (Lipinski definition) is 10. The second kappa shape index (κ2) is 14.0. The summed E-state index contributed by atoms with van der Waals surface area (Å²) in [5.74, 6) is 0.740. The minimum absolute atomic E-state index is 0.174. The van der Waals surface area contributed by atoms with Crippen molar-refractivity contribution < 1.29 is 24.1 Å². The number of amides is 1. The maximum atomic E-state index is 14.9. The summed E-state index contributed by atoms with van der Waals surface area (Å²) >= 11 is 0. The molecule has 0 radical (unpaired) electrons. The molecule has 11 nitrogen and oxygen atoms in total. The highest BCUT2D eigenvalue weighted by Crippen LogP contribution is 2.29. The molecular formula is C32H38FN7O4. The van der Waals surface area contributed by atoms with Crippen LogP contribution in [0.4, 0.5) is 21.6 Å². The van der Waals surface area contributed by atoms with E-state index in [1.807, 2.05) is 19.1 Å². The zero-order chi connectivity index (χ0) is 31.2. The number of rotatable bonds is 9. The van der Waals surface area contributed by atoms with Gasteiger partial charge in [-0.05, 0) is 62.4 Å². The first-order valence-corrected chi connectivity index (χ1v) is 14.9. The molecule has 3 heterocycles. The largest absolute Gasteiger partial charge is 0.486 e. The Labute approximate surface area is 256 Å². The molecule has 0 unspecified atom stereocenters. The van der Waals surface area contributed by atoms with E-state index in [9.17, 15) is 24.7 Å². The number of nitrogens with one attached hydrogen (secondary N) is 1. The predicted molar refractivity (Wildman–Crippen MR) is 164 cm³/mol. The van der Waals surface area contributed by atoms with Crippen molar-refractivity contribution in [3.8, 4) is 23.2 Å². The van der Waals surface area contributed by atoms with Crippen molar-refractivity contribution in [2.45, 2.75) is 44.8 Å². The highest BCUT2D eigenvalue weighted by molar-refractivity contribution is 5.80. The molecule has 2 aliphatic rings. The Balaban J connectivity index is 1.21. The molecule has 2 aliphatic heterocycles. The summed E-state index contributed by atoms with van der Waals surface area (Å²) in [5.41, 5.74) is 2.84. The lowest BCUT2D eigenvalue weighted by atomic mass is 10.0. The lowest BCUT2D eigenvalue weighted by Crippen LogP contribution is -2.51. The van der Waals surface area contributed by atoms with Gasteiger partial charge < -0.3 is 30.1 Å². The number of piperidine rings is 1. The number of benzene rings is 2. The smallest absolute Gasteiger partial charge is 0.251 e. The second-order valence-electron chi connectivity index (χ2n) is 11.3. The van der Waals surface area contributed by atoms with E-state index in [1.54, 1.807) is 30.5 Å². The highest BCUT2D eigenvalue weighted by Gasteiger charge is 2.34. The standard InChI is InChI=1S/C32H38FN7O4/c1-21(41)19-38-13-15-39(16-14-38)26-6-4-25(5-7-26)36-30-9-11-35-31(37-30)23-3-8-28(24(17-23)18-34)44-29-10-12-40(20-27(29)33)32(43)22(2)42/h3-9,11,17,21-22,27,29,41-42H,10,12-16,19-20H2,1-2H3,(H,35,36,37)/t21-,22-,27+,29-/m0/s1. The van der Waals surface area contributed by atoms with E-state index >= 15 is 0 Å². The number of nitrogens with zero attached hydrogens (tertiary/aromatic N) is 6. The van der Waals surface area contributed by atoms with Gasteiger partial charge in [-0.1, -0.05) is 0 Å². The van der Waals surface area contributed by atoms with Crippen LogP contribution in [0.15, 0.2) is 54.7 Å². The molecule has 1 aromatic heterocycles. The second-order valence-corrected chi connectivity index (χ2v) is 11.3. The van der Waals surface area contributed by atoms with Gasteiger partial charge in [0.2, 0.25) is 0 Å². The van der Waals surface area contributed by atoms with Gasteiger partial charge in [-0.25, -0.2) is 14.4 Å². The molecule has 1 amide bonds. The van der Waals surface area contributed by atoms with Gasteiger partial charge in [-0.15, -0.1) is 0 Å². The van der Waals surface area contributed by atoms with Crippen molar-refractivity contribution in [3.05, 3.63) is 60.3 Å². The van der Waals surface area contributed by atoms with Gasteiger partial charge in [-0.2, -0.15) is 5.26 Å². The maximum absolute atomic E-state index is 14.9. The molecule has 44 heavy (non-hydrogen) atoms. The SMILES string of the molecule is C[C@H](O)CN1CCN(c2ccc(Nc3ccnc(-c4ccc(O[C@H]5CCN(C(=O)[C@H](C)O)C[C@H]5F)c(C#N)c4)n3)cc2)CC1. The van der Waals surface area contributed by atoms with E-state index in [-0.39, 0.29) is 36.9 Å². The molecule has 0 spiro atoms. The number of aliphatic hydroxyl groups excluding tert-OH is 2. The molecule has 2 fully saturated rings. The van der Waals surface area contributed by atoms with Crippen LogP contribution < -0.4 is 15.0 Å². The van der Waals surface area contributed by atoms with Crippen LogP contribution in [0.3, 0.4) is 0 Å². The van der Waals surface area contributed by atoms with E-state index in [2.05, 4.69) is 43.3 Å². The van der Waals surface area contributed by atoms with Gasteiger partial charge in [0.15, 0.2) is 12.0 Å². The van der Waals surface area contributed by atoms with Crippen LogP contribution in [0, 0.1) is 11.3 Å². The molecule has 0 aliphatic carbocycles. The number of ether oxygens (including phenoxy) is 1. The molecule has 3 N–H and O–H groups in total. The van der Waals surface area contributed by atoms with Crippen molar-refractivity contribution in [1.29, 1.82) is 5.26 Å². The van der Waals surface area contributed by atoms with E-state index < -0.39 is 24.3 Å². The Morgan fingerprint density at radius 1 is 1.11 bits per heavy atom. The monoisotopic (exact) mass is 603 g/mol. The Kier molecular flexibility index (Phi) is 9.89. The number of anilines is 3. The van der Waals surface area contributed by atoms with Crippen molar-refractivity contribution in [1.82, 2.24) is 19.8 Å². The molecule has 0 saturated carbocycles. The first kappa shape index (κ1) is 31.1. The first-order chi connectivity index (χ1) is 21.2. The predicted octanol–water partition coefficient (Wildman–Crippen LogP) is 2.96. The first-order valence-electron chi connectivity index (χ1n) is 14.9. The van der Waals surface area contributed by atoms with E-state index in [0.29, 0.717) is 23.8 Å². The Morgan fingerprint density at radius 2 is 1.86 bits per heavy atom. The van der Waals surface area contributed by atoms with Crippen molar-refractivity contribution in [3.63, 3.8) is 0 Å². The number of carbonyl (C=O) groups excluding carboxylic acids is 1. The number of halogens is 1. The molecule has 5 rings (SSSR count). The lowest BCUT2D eigenvalue weighted by molar-refractivity contribution is -0.143. The number of alkyl halides is 1. The Bertz CT molecular complexity index is 1470. The van der Waals surface area contributed by atoms with Gasteiger partial charge in [0.05, 0.1) is 18.2 Å². The zero-order valence-electron chi connectivity index (χ0n) is 24.9. The topological polar surface area (TPSA) is 138 Å². The van der Waals surface area contributed by atoms with Crippen LogP contribution >= 0.6 is 0 Å². The van der Waals surface area contributed by atoms with Crippen LogP contribution in [-0.2, 0) is 4.79 Å². The van der Waals surface area contributed by atoms with Gasteiger partial charge in [0, 0.05) is 68.8 Å². The zero-order valence-corrected chi connectivity index (χ0v) is 24.9. The summed E-state index contributed by atoms with van der Waals surface area (Å²) in [4.78, 5) is 26.9. The third-order valence-electron chi connectivity index (χ3n) is 7.84. The summed E-state index contributed by atoms with van der Waals surface area (Å²) in [5, 5.41) is 32.3. The fourth-order valence-electron chi connectivity index (χ4n) is 5.54. The maximum Gasteiger partial charge on any atom is 0.251 e. The number of nitriles is 1. The average Bonchev–Trinajstić information content (AvgIpc) is 3.02. The van der Waals surface area contributed by atoms with Crippen molar-refractivity contribution in [2.75, 3.05) is 56.0 Å². The van der Waals surface area contributed by atoms with Gasteiger partial charge in [0.1, 0.15) is 29.8 Å². The summed E-state index contributed by atoms with van der Waals surface area (Å²) in [7, 11) is 0. The minimum Gasteiger partial charge on any atom is -0.486 e. The molecule has 0 bridgehead atoms. The molecule has 4 atom stereocenters. The number of β-amino-alcohol motifs (C(OH)–C–C–N with tert-alkyl or cyclic N) is 1. The van der Waals surface area contributed by atoms with Crippen molar-refractivity contribution in [2.24, 2.45) is 0 Å². The number of aromatic nitrogens is 2. The molecule has 2 saturated heterocycles. The van der Waals surface area contributed by atoms with Gasteiger partial charge in [-0.3, -0.25) is 9.69 Å². The molecule has 232 valence electrons. The average molecular weight is 604 g/mol. The van der Waals surface area contributed by atoms with Gasteiger partial charge in [0.25, 0.3) is 5.91 Å². The summed E-state index contributed by atoms with van der Waals surface area (Å²) < 4.78 is 20.7. The van der Waals surface area contributed by atoms with E-state index in [1.165, 1.54) is 11.8 Å². The molecule has 3 aromatic rings. The lowest BCUT2D eigenvalue weighted by Gasteiger charge is -2.36. The van der Waals surface area contributed by atoms with Crippen LogP contribution in [0.5, 0.6) is 5.75 Å². The quantitative estimate of drug-likeness (QED) is 0.335. The van der Waals surface area contributed by atoms with Crippen LogP contribution in [0.1, 0.15) is 25.8 Å². The normalized spacial score (nSPS) is 20.5. The Morgan fingerprint density at radius 3 is 2.52 bits per heavy atom. The van der Waals surface area contributed by atoms with Crippen LogP contribution in [0.2, 0.25) is 0 Å². The summed E-state index contributed by atoms with van der Waals surface area (Å²) in [6.07, 6.45) is -1.90. The number of likely N-dealkylation sites (tertiary alicyclic amines) is 1. The molecular weight excluding hydrogens is 565 g/mol. The van der Waals surface area contributed by atoms with Gasteiger partial charge >= 0.3 is 0 Å². The fourth-order valence-corrected chi connectivity index (χ4v) is 5.54. The van der Waals surface area contributed by atoms with E-state index in [4.69, 9.17) is 4.74 Å². The number of aliphatic hydroxyl groups is 2. The number of carbonyl (C=O) groups is 1. The summed E-state index contributed by atoms with van der Waals surface area (Å²) in [6.45, 7) is 7.59. The third kappa shape index (κ3) is 7.60. The van der Waals surface area contributed by atoms with Crippen LogP contribution in [0.25, 0.3) is 11.4 Å². The minimum atomic E-state index is -1.45. The number of hydrogen-bond donors (Lipinski definition) is 3. The third-order valence-corrected chi connectivity index (χ3v) is 7.84. The molecule has 12 heteroatoms. The van der Waals surface area contributed by atoms with Crippen LogP contribution in [-0.4, -0.2) is 106 Å². The summed E-state index contributed by atoms with van der Waals surface area (Å²) in [6, 6.07) is 17.0. The fraction of sp³-hybridized carbons (Fsp3) is 0.438. The van der Waals surface area contributed by atoms with Crippen molar-refractivity contribution >= 4 is 23.1 Å². The highest BCUT2D eigenvalue weighted by atomic mass is 19.1. The van der Waals surface area contributed by atoms with E-state index in [0.717, 1.165) is 37.6 Å². The Hall–Kier alpha value is -4.31. The molecule has 2 aromatic carbocycles. The number of piperazine rings is 1.